The van der Waals surface area contributed by atoms with E-state index in [0.29, 0.717) is 30.0 Å². The lowest BCUT2D eigenvalue weighted by Gasteiger charge is -2.34. The standard InChI is InChI=1S/C28H37N3O6S/c1-3-24(28(33)29-22-12-8-5-9-13-22)30(17-16-21-10-6-4-7-11-21)27(32)19-31(38(2,34)35)23-14-15-25-26(18-23)37-20-36-25/h4,6-7,10-11,14-15,18,22,24H,3,5,8-9,12-13,16-17,19-20H2,1-2H3,(H,29,33)/t24-/m1/s1. The first-order chi connectivity index (χ1) is 18.3. The molecule has 2 amide bonds. The average Bonchev–Trinajstić information content (AvgIpc) is 3.38. The molecule has 2 aromatic rings. The van der Waals surface area contributed by atoms with Crippen molar-refractivity contribution in [3.8, 4) is 11.5 Å². The van der Waals surface area contributed by atoms with Crippen molar-refractivity contribution in [1.29, 1.82) is 0 Å². The van der Waals surface area contributed by atoms with E-state index < -0.39 is 28.5 Å². The number of hydrogen-bond acceptors (Lipinski definition) is 6. The van der Waals surface area contributed by atoms with Gasteiger partial charge in [0.2, 0.25) is 28.6 Å². The molecule has 1 heterocycles. The molecular formula is C28H37N3O6S. The van der Waals surface area contributed by atoms with Gasteiger partial charge in [0.05, 0.1) is 11.9 Å². The summed E-state index contributed by atoms with van der Waals surface area (Å²) in [5.41, 5.74) is 1.33. The number of rotatable bonds is 11. The normalized spacial score (nSPS) is 16.1. The molecule has 2 aliphatic rings. The van der Waals surface area contributed by atoms with Crippen molar-refractivity contribution < 1.29 is 27.5 Å². The van der Waals surface area contributed by atoms with E-state index in [1.165, 1.54) is 11.3 Å². The number of nitrogens with one attached hydrogen (secondary N) is 1. The van der Waals surface area contributed by atoms with E-state index >= 15 is 0 Å². The molecule has 9 nitrogen and oxygen atoms in total. The number of carbonyl (C=O) groups excluding carboxylic acids is 2. The van der Waals surface area contributed by atoms with Crippen molar-refractivity contribution in [1.82, 2.24) is 10.2 Å². The molecule has 0 unspecified atom stereocenters. The molecule has 1 N–H and O–H groups in total. The van der Waals surface area contributed by atoms with Crippen molar-refractivity contribution >= 4 is 27.5 Å². The van der Waals surface area contributed by atoms with Gasteiger partial charge in [-0.05, 0) is 43.4 Å². The zero-order chi connectivity index (χ0) is 27.1. The van der Waals surface area contributed by atoms with Gasteiger partial charge in [-0.3, -0.25) is 13.9 Å². The van der Waals surface area contributed by atoms with Gasteiger partial charge in [0, 0.05) is 18.7 Å². The predicted octanol–water partition coefficient (Wildman–Crippen LogP) is 3.48. The molecule has 1 atom stereocenters. The zero-order valence-electron chi connectivity index (χ0n) is 22.1. The van der Waals surface area contributed by atoms with Crippen LogP contribution in [0, 0.1) is 0 Å². The highest BCUT2D eigenvalue weighted by atomic mass is 32.2. The van der Waals surface area contributed by atoms with Gasteiger partial charge in [-0.2, -0.15) is 0 Å². The van der Waals surface area contributed by atoms with E-state index in [-0.39, 0.29) is 25.3 Å². The zero-order valence-corrected chi connectivity index (χ0v) is 22.9. The second-order valence-electron chi connectivity index (χ2n) is 9.90. The third kappa shape index (κ3) is 6.98. The van der Waals surface area contributed by atoms with Crippen LogP contribution in [0.15, 0.2) is 48.5 Å². The number of fused-ring (bicyclic) bond motifs is 1. The summed E-state index contributed by atoms with van der Waals surface area (Å²) in [5, 5.41) is 3.15. The fraction of sp³-hybridized carbons (Fsp3) is 0.500. The van der Waals surface area contributed by atoms with Crippen LogP contribution in [-0.2, 0) is 26.0 Å². The topological polar surface area (TPSA) is 105 Å². The number of anilines is 1. The SMILES string of the molecule is CC[C@H](C(=O)NC1CCCCC1)N(CCc1ccccc1)C(=O)CN(c1ccc2c(c1)OCO2)S(C)(=O)=O. The van der Waals surface area contributed by atoms with Crippen LogP contribution >= 0.6 is 0 Å². The smallest absolute Gasteiger partial charge is 0.244 e. The Kier molecular flexibility index (Phi) is 9.14. The van der Waals surface area contributed by atoms with Crippen molar-refractivity contribution in [2.75, 3.05) is 30.4 Å². The largest absolute Gasteiger partial charge is 0.454 e. The van der Waals surface area contributed by atoms with Crippen molar-refractivity contribution in [3.63, 3.8) is 0 Å². The molecule has 10 heteroatoms. The molecule has 1 aliphatic heterocycles. The van der Waals surface area contributed by atoms with E-state index in [1.54, 1.807) is 18.2 Å². The van der Waals surface area contributed by atoms with Crippen LogP contribution in [0.25, 0.3) is 0 Å². The first kappa shape index (κ1) is 27.8. The highest BCUT2D eigenvalue weighted by Gasteiger charge is 2.33. The first-order valence-corrected chi connectivity index (χ1v) is 15.1. The third-order valence-corrected chi connectivity index (χ3v) is 8.29. The summed E-state index contributed by atoms with van der Waals surface area (Å²) in [6, 6.07) is 13.9. The molecule has 38 heavy (non-hydrogen) atoms. The molecule has 1 fully saturated rings. The van der Waals surface area contributed by atoms with Gasteiger partial charge in [-0.15, -0.1) is 0 Å². The quantitative estimate of drug-likeness (QED) is 0.465. The second kappa shape index (κ2) is 12.5. The number of ether oxygens (including phenoxy) is 2. The lowest BCUT2D eigenvalue weighted by molar-refractivity contribution is -0.140. The van der Waals surface area contributed by atoms with Crippen LogP contribution in [0.4, 0.5) is 5.69 Å². The minimum atomic E-state index is -3.82. The monoisotopic (exact) mass is 543 g/mol. The van der Waals surface area contributed by atoms with E-state index in [0.717, 1.165) is 41.8 Å². The van der Waals surface area contributed by atoms with Gasteiger partial charge in [0.15, 0.2) is 11.5 Å². The molecule has 0 radical (unpaired) electrons. The van der Waals surface area contributed by atoms with Gasteiger partial charge < -0.3 is 19.7 Å². The predicted molar refractivity (Wildman–Crippen MR) is 146 cm³/mol. The molecule has 206 valence electrons. The van der Waals surface area contributed by atoms with E-state index in [1.807, 2.05) is 37.3 Å². The van der Waals surface area contributed by atoms with E-state index in [2.05, 4.69) is 5.32 Å². The number of benzene rings is 2. The number of amides is 2. The van der Waals surface area contributed by atoms with E-state index in [9.17, 15) is 18.0 Å². The number of carbonyl (C=O) groups is 2. The van der Waals surface area contributed by atoms with Crippen LogP contribution in [0.2, 0.25) is 0 Å². The maximum absolute atomic E-state index is 13.8. The van der Waals surface area contributed by atoms with Gasteiger partial charge in [0.1, 0.15) is 12.6 Å². The maximum atomic E-state index is 13.8. The Morgan fingerprint density at radius 2 is 1.74 bits per heavy atom. The maximum Gasteiger partial charge on any atom is 0.244 e. The number of nitrogens with zero attached hydrogens (tertiary/aromatic N) is 2. The highest BCUT2D eigenvalue weighted by Crippen LogP contribution is 2.36. The number of hydrogen-bond donors (Lipinski definition) is 1. The van der Waals surface area contributed by atoms with Gasteiger partial charge >= 0.3 is 0 Å². The molecular weight excluding hydrogens is 506 g/mol. The van der Waals surface area contributed by atoms with E-state index in [4.69, 9.17) is 9.47 Å². The van der Waals surface area contributed by atoms with Gasteiger partial charge in [0.25, 0.3) is 0 Å². The second-order valence-corrected chi connectivity index (χ2v) is 11.8. The van der Waals surface area contributed by atoms with Crippen molar-refractivity contribution in [2.45, 2.75) is 64.0 Å². The summed E-state index contributed by atoms with van der Waals surface area (Å²) >= 11 is 0. The Morgan fingerprint density at radius 3 is 2.42 bits per heavy atom. The van der Waals surface area contributed by atoms with Gasteiger partial charge in [-0.1, -0.05) is 56.5 Å². The van der Waals surface area contributed by atoms with Crippen LogP contribution in [-0.4, -0.2) is 63.4 Å². The number of sulfonamides is 1. The summed E-state index contributed by atoms with van der Waals surface area (Å²) in [5.74, 6) is 0.315. The lowest BCUT2D eigenvalue weighted by Crippen LogP contribution is -2.54. The van der Waals surface area contributed by atoms with Crippen LogP contribution < -0.4 is 19.1 Å². The van der Waals surface area contributed by atoms with Crippen molar-refractivity contribution in [2.24, 2.45) is 0 Å². The molecule has 4 rings (SSSR count). The Balaban J connectivity index is 1.57. The Hall–Kier alpha value is -3.27. The Labute approximate surface area is 225 Å². The molecule has 1 aliphatic carbocycles. The summed E-state index contributed by atoms with van der Waals surface area (Å²) < 4.78 is 37.4. The molecule has 0 bridgehead atoms. The first-order valence-electron chi connectivity index (χ1n) is 13.3. The Morgan fingerprint density at radius 1 is 1.03 bits per heavy atom. The summed E-state index contributed by atoms with van der Waals surface area (Å²) in [7, 11) is -3.82. The lowest BCUT2D eigenvalue weighted by atomic mass is 9.95. The molecule has 2 aromatic carbocycles. The van der Waals surface area contributed by atoms with Crippen LogP contribution in [0.3, 0.4) is 0 Å². The average molecular weight is 544 g/mol. The molecule has 1 saturated carbocycles. The van der Waals surface area contributed by atoms with Crippen molar-refractivity contribution in [3.05, 3.63) is 54.1 Å². The van der Waals surface area contributed by atoms with Crippen LogP contribution in [0.1, 0.15) is 51.0 Å². The van der Waals surface area contributed by atoms with Crippen LogP contribution in [0.5, 0.6) is 11.5 Å². The fourth-order valence-corrected chi connectivity index (χ4v) is 5.94. The minimum absolute atomic E-state index is 0.0537. The summed E-state index contributed by atoms with van der Waals surface area (Å²) in [6.07, 6.45) is 7.23. The van der Waals surface area contributed by atoms with Gasteiger partial charge in [-0.25, -0.2) is 8.42 Å². The highest BCUT2D eigenvalue weighted by molar-refractivity contribution is 7.92. The molecule has 0 saturated heterocycles. The summed E-state index contributed by atoms with van der Waals surface area (Å²) in [4.78, 5) is 28.8. The minimum Gasteiger partial charge on any atom is -0.454 e. The Bertz CT molecular complexity index is 1210. The third-order valence-electron chi connectivity index (χ3n) is 7.15. The fourth-order valence-electron chi connectivity index (χ4n) is 5.09. The summed E-state index contributed by atoms with van der Waals surface area (Å²) in [6.45, 7) is 1.79. The molecule has 0 spiro atoms. The molecule has 0 aromatic heterocycles.